The number of aryl methyl sites for hydroxylation is 2. The summed E-state index contributed by atoms with van der Waals surface area (Å²) in [5.41, 5.74) is 3.68. The van der Waals surface area contributed by atoms with Crippen LogP contribution in [0.1, 0.15) is 11.1 Å². The Morgan fingerprint density at radius 2 is 1.22 bits per heavy atom. The van der Waals surface area contributed by atoms with Crippen LogP contribution in [-0.2, 0) is 0 Å². The second kappa shape index (κ2) is 11.6. The van der Waals surface area contributed by atoms with Crippen LogP contribution < -0.4 is 4.57 Å². The predicted molar refractivity (Wildman–Crippen MR) is 92.6 cm³/mol. The summed E-state index contributed by atoms with van der Waals surface area (Å²) < 4.78 is 82.2. The lowest BCUT2D eigenvalue weighted by molar-refractivity contribution is -0.581. The van der Waals surface area contributed by atoms with Gasteiger partial charge in [-0.2, -0.15) is 4.57 Å². The molecule has 0 atom stereocenters. The van der Waals surface area contributed by atoms with Crippen molar-refractivity contribution in [2.45, 2.75) is 13.8 Å². The Morgan fingerprint density at radius 3 is 1.48 bits per heavy atom. The molecular formula is C14H23B2F8N3. The Kier molecular flexibility index (Phi) is 11.7. The van der Waals surface area contributed by atoms with E-state index in [-0.39, 0.29) is 0 Å². The third kappa shape index (κ3) is 23.9. The molecule has 0 spiro atoms. The zero-order valence-corrected chi connectivity index (χ0v) is 15.9. The Morgan fingerprint density at radius 1 is 0.889 bits per heavy atom. The summed E-state index contributed by atoms with van der Waals surface area (Å²) >= 11 is 0. The van der Waals surface area contributed by atoms with Gasteiger partial charge in [0, 0.05) is 25.2 Å². The molecule has 0 aliphatic rings. The highest BCUT2D eigenvalue weighted by Gasteiger charge is 2.21. The maximum Gasteiger partial charge on any atom is 0.673 e. The van der Waals surface area contributed by atoms with Gasteiger partial charge in [0.2, 0.25) is 6.21 Å². The highest BCUT2D eigenvalue weighted by atomic mass is 19.5. The normalized spacial score (nSPS) is 11.6. The number of hydrogen-bond acceptors (Lipinski definition) is 1. The molecule has 0 aliphatic carbocycles. The van der Waals surface area contributed by atoms with Crippen molar-refractivity contribution in [2.75, 3.05) is 28.2 Å². The Labute approximate surface area is 153 Å². The van der Waals surface area contributed by atoms with Gasteiger partial charge in [-0.15, -0.1) is 0 Å². The van der Waals surface area contributed by atoms with Gasteiger partial charge in [0.05, 0.1) is 6.20 Å². The first-order chi connectivity index (χ1) is 11.9. The minimum atomic E-state index is -6.00. The number of nitrogens with zero attached hydrogens (tertiary/aromatic N) is 3. The maximum atomic E-state index is 9.75. The summed E-state index contributed by atoms with van der Waals surface area (Å²) in [6.45, 7) is 4.24. The van der Waals surface area contributed by atoms with E-state index in [0.29, 0.717) is 0 Å². The van der Waals surface area contributed by atoms with E-state index in [2.05, 4.69) is 58.8 Å². The number of halogens is 8. The molecule has 0 unspecified atom stereocenters. The number of allylic oxidation sites excluding steroid dienone is 1. The van der Waals surface area contributed by atoms with Crippen molar-refractivity contribution in [1.82, 2.24) is 4.90 Å². The van der Waals surface area contributed by atoms with E-state index in [1.165, 1.54) is 11.1 Å². The van der Waals surface area contributed by atoms with Crippen LogP contribution in [0.25, 0.3) is 5.70 Å². The van der Waals surface area contributed by atoms with Crippen LogP contribution in [0.5, 0.6) is 0 Å². The van der Waals surface area contributed by atoms with Gasteiger partial charge in [-0.25, -0.2) is 4.58 Å². The first-order valence-corrected chi connectivity index (χ1v) is 7.52. The van der Waals surface area contributed by atoms with Crippen LogP contribution >= 0.6 is 0 Å². The molecule has 1 aromatic rings. The van der Waals surface area contributed by atoms with E-state index in [4.69, 9.17) is 0 Å². The number of rotatable bonds is 3. The molecule has 156 valence electrons. The SMILES string of the molecule is Cc1cc(C)c[n+](/C(C=[N+](C)C)=C/N(C)C)c1.F[B-](F)(F)F.F[B-](F)(F)F. The number of aromatic nitrogens is 1. The molecule has 27 heavy (non-hydrogen) atoms. The first-order valence-electron chi connectivity index (χ1n) is 7.52. The van der Waals surface area contributed by atoms with Gasteiger partial charge in [0.25, 0.3) is 5.70 Å². The van der Waals surface area contributed by atoms with Crippen molar-refractivity contribution >= 4 is 26.4 Å². The zero-order valence-electron chi connectivity index (χ0n) is 15.9. The fourth-order valence-electron chi connectivity index (χ4n) is 1.75. The van der Waals surface area contributed by atoms with Gasteiger partial charge in [0.15, 0.2) is 12.4 Å². The van der Waals surface area contributed by atoms with Gasteiger partial charge in [0.1, 0.15) is 14.1 Å². The standard InChI is InChI=1S/C14H23N3.2BF4/c1-12-7-13(2)9-17(8-12)14(10-15(3)4)11-16(5)6;2*2-1(3,4)5/h7-11H,1-6H3;;/q+2;2*-1. The van der Waals surface area contributed by atoms with Crippen LogP contribution in [0.3, 0.4) is 0 Å². The fraction of sp³-hybridized carbons (Fsp3) is 0.429. The van der Waals surface area contributed by atoms with Gasteiger partial charge in [-0.05, 0) is 19.9 Å². The Bertz CT molecular complexity index is 592. The molecule has 1 rings (SSSR count). The average Bonchev–Trinajstić information content (AvgIpc) is 2.31. The topological polar surface area (TPSA) is 10.1 Å². The largest absolute Gasteiger partial charge is 0.673 e. The number of hydrogen-bond donors (Lipinski definition) is 0. The van der Waals surface area contributed by atoms with E-state index >= 15 is 0 Å². The van der Waals surface area contributed by atoms with Gasteiger partial charge < -0.3 is 39.4 Å². The molecule has 0 bridgehead atoms. The summed E-state index contributed by atoms with van der Waals surface area (Å²) in [7, 11) is -3.86. The molecule has 13 heteroatoms. The van der Waals surface area contributed by atoms with Crippen LogP contribution in [0.15, 0.2) is 24.7 Å². The lowest BCUT2D eigenvalue weighted by atomic mass is 10.2. The summed E-state index contributed by atoms with van der Waals surface area (Å²) in [4.78, 5) is 2.06. The van der Waals surface area contributed by atoms with Crippen LogP contribution in [0.2, 0.25) is 0 Å². The van der Waals surface area contributed by atoms with Crippen molar-refractivity contribution in [3.8, 4) is 0 Å². The molecule has 0 fully saturated rings. The minimum absolute atomic E-state index is 1.15. The van der Waals surface area contributed by atoms with E-state index in [1.807, 2.05) is 28.2 Å². The van der Waals surface area contributed by atoms with Crippen molar-refractivity contribution in [1.29, 1.82) is 0 Å². The molecule has 0 aromatic carbocycles. The van der Waals surface area contributed by atoms with E-state index in [1.54, 1.807) is 0 Å². The van der Waals surface area contributed by atoms with Crippen LogP contribution in [-0.4, -0.2) is 58.4 Å². The highest BCUT2D eigenvalue weighted by molar-refractivity contribution is 6.50. The van der Waals surface area contributed by atoms with E-state index in [0.717, 1.165) is 5.70 Å². The molecule has 1 heterocycles. The molecular weight excluding hydrogens is 384 g/mol. The molecule has 3 nitrogen and oxygen atoms in total. The zero-order chi connectivity index (χ0) is 22.0. The molecule has 0 N–H and O–H groups in total. The minimum Gasteiger partial charge on any atom is -0.418 e. The maximum absolute atomic E-state index is 9.75. The molecule has 0 saturated carbocycles. The first kappa shape index (κ1) is 27.2. The molecule has 0 amide bonds. The Balaban J connectivity index is 0. The molecule has 0 aliphatic heterocycles. The predicted octanol–water partition coefficient (Wildman–Crippen LogP) is 3.89. The Hall–Kier alpha value is -2.07. The molecule has 1 aromatic heterocycles. The summed E-state index contributed by atoms with van der Waals surface area (Å²) in [5, 5.41) is 0. The monoisotopic (exact) mass is 407 g/mol. The van der Waals surface area contributed by atoms with Crippen molar-refractivity contribution in [3.63, 3.8) is 0 Å². The van der Waals surface area contributed by atoms with Crippen LogP contribution in [0, 0.1) is 13.8 Å². The third-order valence-electron chi connectivity index (χ3n) is 2.22. The summed E-state index contributed by atoms with van der Waals surface area (Å²) in [6.07, 6.45) is 8.50. The number of pyridine rings is 1. The summed E-state index contributed by atoms with van der Waals surface area (Å²) in [6, 6.07) is 2.18. The highest BCUT2D eigenvalue weighted by Crippen LogP contribution is 2.07. The van der Waals surface area contributed by atoms with Gasteiger partial charge in [-0.3, -0.25) is 0 Å². The van der Waals surface area contributed by atoms with Crippen molar-refractivity contribution in [2.24, 2.45) is 0 Å². The van der Waals surface area contributed by atoms with Crippen molar-refractivity contribution < 1.29 is 43.7 Å². The lowest BCUT2D eigenvalue weighted by Crippen LogP contribution is -2.35. The smallest absolute Gasteiger partial charge is 0.418 e. The second-order valence-corrected chi connectivity index (χ2v) is 5.90. The van der Waals surface area contributed by atoms with E-state index < -0.39 is 14.5 Å². The third-order valence-corrected chi connectivity index (χ3v) is 2.22. The molecule has 0 saturated heterocycles. The van der Waals surface area contributed by atoms with Crippen molar-refractivity contribution in [3.05, 3.63) is 35.8 Å². The van der Waals surface area contributed by atoms with Gasteiger partial charge in [-0.1, -0.05) is 0 Å². The average molecular weight is 407 g/mol. The lowest BCUT2D eigenvalue weighted by Gasteiger charge is -2.04. The van der Waals surface area contributed by atoms with Gasteiger partial charge >= 0.3 is 14.5 Å². The van der Waals surface area contributed by atoms with E-state index in [9.17, 15) is 34.5 Å². The quantitative estimate of drug-likeness (QED) is 0.320. The summed E-state index contributed by atoms with van der Waals surface area (Å²) in [5.74, 6) is 0. The van der Waals surface area contributed by atoms with Crippen LogP contribution in [0.4, 0.5) is 34.5 Å². The fourth-order valence-corrected chi connectivity index (χ4v) is 1.75. The second-order valence-electron chi connectivity index (χ2n) is 5.90. The molecule has 0 radical (unpaired) electrons.